The summed E-state index contributed by atoms with van der Waals surface area (Å²) in [5.41, 5.74) is -0.127. The predicted molar refractivity (Wildman–Crippen MR) is 150 cm³/mol. The van der Waals surface area contributed by atoms with Crippen molar-refractivity contribution in [3.05, 3.63) is 58.0 Å². The van der Waals surface area contributed by atoms with Crippen LogP contribution in [0.1, 0.15) is 20.7 Å². The highest BCUT2D eigenvalue weighted by atomic mass is 28.3. The van der Waals surface area contributed by atoms with E-state index in [1.165, 1.54) is 24.4 Å². The van der Waals surface area contributed by atoms with E-state index in [9.17, 15) is 29.4 Å². The van der Waals surface area contributed by atoms with Crippen LogP contribution in [-0.2, 0) is 11.5 Å². The lowest BCUT2D eigenvalue weighted by atomic mass is 10.1. The summed E-state index contributed by atoms with van der Waals surface area (Å²) in [4.78, 5) is 54.6. The van der Waals surface area contributed by atoms with E-state index in [4.69, 9.17) is 4.74 Å². The molecular weight excluding hydrogens is 520 g/mol. The normalized spacial score (nSPS) is 14.6. The fourth-order valence-corrected chi connectivity index (χ4v) is 5.27. The molecule has 12 heteroatoms. The van der Waals surface area contributed by atoms with Crippen LogP contribution in [0, 0.1) is 0 Å². The maximum absolute atomic E-state index is 13.4. The molecule has 0 bridgehead atoms. The molecule has 1 aliphatic rings. The number of hydrogen-bond donors (Lipinski definition) is 2. The number of aromatic carboxylic acids is 1. The Balaban J connectivity index is 1.75. The molecule has 3 heterocycles. The minimum absolute atomic E-state index is 0.0191. The number of carbonyl (C=O) groups excluding carboxylic acids is 1. The summed E-state index contributed by atoms with van der Waals surface area (Å²) >= 11 is 0. The zero-order chi connectivity index (χ0) is 28.5. The van der Waals surface area contributed by atoms with Gasteiger partial charge in [0.25, 0.3) is 11.5 Å². The standard InChI is InChI=1S/C27H34N4O7Si/c1-28-7-9-29(10-8-28)24(32)18-5-6-22-19(13-18)15-23(31(22)27(36)37)21-14-20(26(34)35)16-30(25(21)33)17-38-11-12-39(2,3)4/h5-6,13-16H,7-12,17H2,1-4H3,(H,34,35)(H,36,37). The number of rotatable bonds is 8. The fourth-order valence-electron chi connectivity index (χ4n) is 4.52. The first kappa shape index (κ1) is 28.3. The minimum atomic E-state index is -1.37. The largest absolute Gasteiger partial charge is 0.478 e. The van der Waals surface area contributed by atoms with Crippen LogP contribution >= 0.6 is 0 Å². The van der Waals surface area contributed by atoms with Crippen LogP contribution in [-0.4, -0.2) is 95.0 Å². The third-order valence-electron chi connectivity index (χ3n) is 6.87. The quantitative estimate of drug-likeness (QED) is 0.320. The number of carboxylic acids is 1. The maximum atomic E-state index is 13.4. The molecule has 1 fully saturated rings. The van der Waals surface area contributed by atoms with Crippen molar-refractivity contribution in [3.63, 3.8) is 0 Å². The summed E-state index contributed by atoms with van der Waals surface area (Å²) in [6.45, 7) is 9.57. The van der Waals surface area contributed by atoms with E-state index in [2.05, 4.69) is 24.5 Å². The van der Waals surface area contributed by atoms with Gasteiger partial charge in [-0.05, 0) is 43.4 Å². The third-order valence-corrected chi connectivity index (χ3v) is 8.57. The highest BCUT2D eigenvalue weighted by Gasteiger charge is 2.24. The van der Waals surface area contributed by atoms with Gasteiger partial charge in [-0.25, -0.2) is 14.2 Å². The SMILES string of the molecule is CN1CCN(C(=O)c2ccc3c(c2)cc(-c2cc(C(=O)O)cn(COCC[Si](C)(C)C)c2=O)n3C(=O)O)CC1. The Hall–Kier alpha value is -3.74. The molecule has 0 saturated carbocycles. The number of likely N-dealkylation sites (N-methyl/N-ethyl adjacent to an activating group) is 1. The molecule has 1 aromatic carbocycles. The maximum Gasteiger partial charge on any atom is 0.416 e. The number of nitrogens with zero attached hydrogens (tertiary/aromatic N) is 4. The van der Waals surface area contributed by atoms with Crippen molar-refractivity contribution in [1.29, 1.82) is 0 Å². The fraction of sp³-hybridized carbons (Fsp3) is 0.407. The van der Waals surface area contributed by atoms with E-state index in [1.807, 2.05) is 7.05 Å². The molecule has 1 aliphatic heterocycles. The Bertz CT molecular complexity index is 1480. The molecular formula is C27H34N4O7Si. The first-order valence-corrected chi connectivity index (χ1v) is 16.5. The van der Waals surface area contributed by atoms with Crippen molar-refractivity contribution in [2.24, 2.45) is 0 Å². The molecule has 3 aromatic rings. The van der Waals surface area contributed by atoms with Gasteiger partial charge in [0, 0.05) is 58.0 Å². The van der Waals surface area contributed by atoms with Gasteiger partial charge in [0.05, 0.1) is 22.3 Å². The van der Waals surface area contributed by atoms with Gasteiger partial charge in [-0.3, -0.25) is 14.2 Å². The van der Waals surface area contributed by atoms with Crippen LogP contribution < -0.4 is 5.56 Å². The van der Waals surface area contributed by atoms with Gasteiger partial charge in [-0.1, -0.05) is 19.6 Å². The lowest BCUT2D eigenvalue weighted by molar-refractivity contribution is 0.0661. The van der Waals surface area contributed by atoms with Gasteiger partial charge in [0.15, 0.2) is 0 Å². The van der Waals surface area contributed by atoms with Crippen molar-refractivity contribution in [3.8, 4) is 11.3 Å². The number of aromatic nitrogens is 2. The van der Waals surface area contributed by atoms with E-state index in [-0.39, 0.29) is 35.0 Å². The van der Waals surface area contributed by atoms with Crippen LogP contribution in [0.4, 0.5) is 4.79 Å². The molecule has 2 N–H and O–H groups in total. The summed E-state index contributed by atoms with van der Waals surface area (Å²) in [5, 5.41) is 20.2. The number of pyridine rings is 1. The van der Waals surface area contributed by atoms with Gasteiger partial charge < -0.3 is 24.7 Å². The van der Waals surface area contributed by atoms with E-state index in [0.717, 1.165) is 28.3 Å². The van der Waals surface area contributed by atoms with Crippen molar-refractivity contribution in [1.82, 2.24) is 18.9 Å². The third kappa shape index (κ3) is 6.29. The number of carbonyl (C=O) groups is 3. The summed E-state index contributed by atoms with van der Waals surface area (Å²) in [5.74, 6) is -1.41. The Labute approximate surface area is 226 Å². The van der Waals surface area contributed by atoms with Gasteiger partial charge in [-0.15, -0.1) is 0 Å². The minimum Gasteiger partial charge on any atom is -0.478 e. The van der Waals surface area contributed by atoms with Crippen LogP contribution in [0.2, 0.25) is 25.7 Å². The van der Waals surface area contributed by atoms with Crippen LogP contribution in [0.5, 0.6) is 0 Å². The van der Waals surface area contributed by atoms with E-state index in [0.29, 0.717) is 30.6 Å². The number of amides is 1. The molecule has 0 aliphatic carbocycles. The number of piperazine rings is 1. The van der Waals surface area contributed by atoms with E-state index >= 15 is 0 Å². The zero-order valence-electron chi connectivity index (χ0n) is 22.6. The second-order valence-electron chi connectivity index (χ2n) is 11.1. The molecule has 0 spiro atoms. The molecule has 208 valence electrons. The molecule has 39 heavy (non-hydrogen) atoms. The number of fused-ring (bicyclic) bond motifs is 1. The number of hydrogen-bond acceptors (Lipinski definition) is 6. The molecule has 0 unspecified atom stereocenters. The molecule has 11 nitrogen and oxygen atoms in total. The van der Waals surface area contributed by atoms with E-state index < -0.39 is 25.7 Å². The summed E-state index contributed by atoms with van der Waals surface area (Å²) in [7, 11) is 0.625. The first-order chi connectivity index (χ1) is 18.4. The summed E-state index contributed by atoms with van der Waals surface area (Å²) in [6.07, 6.45) is -0.139. The van der Waals surface area contributed by atoms with Gasteiger partial charge in [0.2, 0.25) is 0 Å². The van der Waals surface area contributed by atoms with Crippen molar-refractivity contribution in [2.75, 3.05) is 39.8 Å². The van der Waals surface area contributed by atoms with Gasteiger partial charge in [0.1, 0.15) is 6.73 Å². The zero-order valence-corrected chi connectivity index (χ0v) is 23.6. The Morgan fingerprint density at radius 3 is 2.28 bits per heavy atom. The molecule has 2 aromatic heterocycles. The van der Waals surface area contributed by atoms with Crippen molar-refractivity contribution >= 4 is 36.9 Å². The second-order valence-corrected chi connectivity index (χ2v) is 16.7. The predicted octanol–water partition coefficient (Wildman–Crippen LogP) is 3.39. The highest BCUT2D eigenvalue weighted by molar-refractivity contribution is 6.76. The Kier molecular flexibility index (Phi) is 8.09. The Morgan fingerprint density at radius 1 is 0.974 bits per heavy atom. The monoisotopic (exact) mass is 554 g/mol. The summed E-state index contributed by atoms with van der Waals surface area (Å²) in [6, 6.07) is 8.27. The van der Waals surface area contributed by atoms with Crippen molar-refractivity contribution in [2.45, 2.75) is 32.4 Å². The summed E-state index contributed by atoms with van der Waals surface area (Å²) < 4.78 is 7.77. The lowest BCUT2D eigenvalue weighted by Crippen LogP contribution is -2.47. The van der Waals surface area contributed by atoms with Crippen LogP contribution in [0.3, 0.4) is 0 Å². The van der Waals surface area contributed by atoms with Crippen molar-refractivity contribution < 1.29 is 29.3 Å². The van der Waals surface area contributed by atoms with Crippen LogP contribution in [0.15, 0.2) is 41.3 Å². The van der Waals surface area contributed by atoms with E-state index in [1.54, 1.807) is 17.0 Å². The Morgan fingerprint density at radius 2 is 1.67 bits per heavy atom. The average Bonchev–Trinajstić information content (AvgIpc) is 3.25. The molecule has 0 atom stereocenters. The second kappa shape index (κ2) is 11.2. The van der Waals surface area contributed by atoms with Gasteiger partial charge in [-0.2, -0.15) is 0 Å². The average molecular weight is 555 g/mol. The smallest absolute Gasteiger partial charge is 0.416 e. The molecule has 4 rings (SSSR count). The highest BCUT2D eigenvalue weighted by Crippen LogP contribution is 2.28. The number of ether oxygens (including phenoxy) is 1. The van der Waals surface area contributed by atoms with Crippen LogP contribution in [0.25, 0.3) is 22.2 Å². The molecule has 1 saturated heterocycles. The number of carboxylic acid groups (broad SMARTS) is 2. The van der Waals surface area contributed by atoms with Gasteiger partial charge >= 0.3 is 12.1 Å². The molecule has 1 amide bonds. The molecule has 0 radical (unpaired) electrons. The first-order valence-electron chi connectivity index (χ1n) is 12.8. The lowest BCUT2D eigenvalue weighted by Gasteiger charge is -2.32. The number of benzene rings is 1. The topological polar surface area (TPSA) is 134 Å².